The molecule has 104 valence electrons. The quantitative estimate of drug-likeness (QED) is 0.651. The number of amides is 1. The minimum Gasteiger partial charge on any atom is -0.467 e. The molecule has 2 unspecified atom stereocenters. The average molecular weight is 258 g/mol. The minimum atomic E-state index is -0.667. The second kappa shape index (κ2) is 7.33. The van der Waals surface area contributed by atoms with Crippen molar-refractivity contribution >= 4 is 11.9 Å². The van der Waals surface area contributed by atoms with Gasteiger partial charge in [-0.25, -0.2) is 4.79 Å². The van der Waals surface area contributed by atoms with Crippen molar-refractivity contribution in [1.82, 2.24) is 10.2 Å². The Balaban J connectivity index is 2.62. The third-order valence-corrected chi connectivity index (χ3v) is 3.24. The molecule has 0 aromatic rings. The molecule has 0 spiro atoms. The first-order valence-corrected chi connectivity index (χ1v) is 6.28. The number of hydrogen-bond acceptors (Lipinski definition) is 5. The normalized spacial score (nSPS) is 22.3. The number of likely N-dealkylation sites (tertiary alicyclic amines) is 1. The lowest BCUT2D eigenvalue weighted by Gasteiger charge is -2.36. The van der Waals surface area contributed by atoms with Gasteiger partial charge in [0.25, 0.3) is 0 Å². The van der Waals surface area contributed by atoms with Crippen LogP contribution in [0.5, 0.6) is 0 Å². The molecule has 0 aliphatic carbocycles. The Morgan fingerprint density at radius 3 is 2.78 bits per heavy atom. The van der Waals surface area contributed by atoms with Crippen LogP contribution in [0.25, 0.3) is 0 Å². The molecule has 2 N–H and O–H groups in total. The summed E-state index contributed by atoms with van der Waals surface area (Å²) in [7, 11) is 1.30. The lowest BCUT2D eigenvalue weighted by molar-refractivity contribution is -0.145. The first-order chi connectivity index (χ1) is 8.58. The number of nitrogens with zero attached hydrogens (tertiary/aromatic N) is 1. The molecule has 1 aliphatic rings. The monoisotopic (exact) mass is 258 g/mol. The first kappa shape index (κ1) is 14.9. The maximum absolute atomic E-state index is 11.6. The molecule has 1 rings (SSSR count). The van der Waals surface area contributed by atoms with E-state index in [0.717, 1.165) is 25.8 Å². The first-order valence-electron chi connectivity index (χ1n) is 6.28. The summed E-state index contributed by atoms with van der Waals surface area (Å²) in [4.78, 5) is 24.7. The van der Waals surface area contributed by atoms with Gasteiger partial charge in [-0.05, 0) is 19.4 Å². The third-order valence-electron chi connectivity index (χ3n) is 3.24. The molecular formula is C12H22N2O4. The Labute approximate surface area is 107 Å². The molecule has 2 atom stereocenters. The third kappa shape index (κ3) is 4.27. The van der Waals surface area contributed by atoms with E-state index in [9.17, 15) is 14.7 Å². The summed E-state index contributed by atoms with van der Waals surface area (Å²) in [6, 6.07) is -0.598. The molecule has 0 radical (unpaired) electrons. The Morgan fingerprint density at radius 2 is 2.22 bits per heavy atom. The van der Waals surface area contributed by atoms with E-state index in [1.165, 1.54) is 14.0 Å². The van der Waals surface area contributed by atoms with Crippen molar-refractivity contribution in [2.75, 3.05) is 26.8 Å². The fourth-order valence-electron chi connectivity index (χ4n) is 2.31. The van der Waals surface area contributed by atoms with Crippen molar-refractivity contribution < 1.29 is 19.4 Å². The van der Waals surface area contributed by atoms with Crippen LogP contribution < -0.4 is 5.32 Å². The van der Waals surface area contributed by atoms with Gasteiger partial charge in [-0.2, -0.15) is 0 Å². The summed E-state index contributed by atoms with van der Waals surface area (Å²) in [6.45, 7) is 2.67. The van der Waals surface area contributed by atoms with E-state index in [1.54, 1.807) is 0 Å². The van der Waals surface area contributed by atoms with Gasteiger partial charge < -0.3 is 15.2 Å². The molecule has 0 aromatic heterocycles. The standard InChI is InChI=1S/C12H22N2O4/c1-9(16)13-11(12(17)18-2)7-14-6-4-3-5-10(14)8-15/h10-11,15H,3-8H2,1-2H3,(H,13,16). The van der Waals surface area contributed by atoms with Crippen molar-refractivity contribution in [2.24, 2.45) is 0 Å². The largest absolute Gasteiger partial charge is 0.467 e. The summed E-state index contributed by atoms with van der Waals surface area (Å²) in [5, 5.41) is 11.9. The predicted octanol–water partition coefficient (Wildman–Crippen LogP) is -0.489. The Hall–Kier alpha value is -1.14. The van der Waals surface area contributed by atoms with E-state index in [2.05, 4.69) is 10.1 Å². The Kier molecular flexibility index (Phi) is 6.07. The van der Waals surface area contributed by atoms with Crippen LogP contribution in [0.2, 0.25) is 0 Å². The number of rotatable bonds is 5. The highest BCUT2D eigenvalue weighted by atomic mass is 16.5. The van der Waals surface area contributed by atoms with Crippen LogP contribution in [0, 0.1) is 0 Å². The van der Waals surface area contributed by atoms with Crippen molar-refractivity contribution in [3.63, 3.8) is 0 Å². The highest BCUT2D eigenvalue weighted by Crippen LogP contribution is 2.16. The molecule has 1 heterocycles. The summed E-state index contributed by atoms with van der Waals surface area (Å²) in [5.74, 6) is -0.713. The van der Waals surface area contributed by atoms with Crippen molar-refractivity contribution in [3.8, 4) is 0 Å². The summed E-state index contributed by atoms with van der Waals surface area (Å²) in [6.07, 6.45) is 3.06. The zero-order valence-electron chi connectivity index (χ0n) is 11.0. The maximum atomic E-state index is 11.6. The van der Waals surface area contributed by atoms with E-state index in [0.29, 0.717) is 6.54 Å². The van der Waals surface area contributed by atoms with Gasteiger partial charge in [-0.1, -0.05) is 6.42 Å². The fraction of sp³-hybridized carbons (Fsp3) is 0.833. The maximum Gasteiger partial charge on any atom is 0.329 e. The molecule has 1 fully saturated rings. The van der Waals surface area contributed by atoms with Crippen molar-refractivity contribution in [3.05, 3.63) is 0 Å². The molecule has 1 amide bonds. The second-order valence-corrected chi connectivity index (χ2v) is 4.60. The lowest BCUT2D eigenvalue weighted by atomic mass is 10.0. The number of aliphatic hydroxyl groups is 1. The van der Waals surface area contributed by atoms with Gasteiger partial charge >= 0.3 is 5.97 Å². The molecule has 1 saturated heterocycles. The average Bonchev–Trinajstić information content (AvgIpc) is 2.37. The molecule has 18 heavy (non-hydrogen) atoms. The zero-order valence-corrected chi connectivity index (χ0v) is 11.0. The van der Waals surface area contributed by atoms with Crippen LogP contribution in [0.1, 0.15) is 26.2 Å². The molecular weight excluding hydrogens is 236 g/mol. The number of aliphatic hydroxyl groups excluding tert-OH is 1. The molecule has 0 saturated carbocycles. The number of methoxy groups -OCH3 is 1. The van der Waals surface area contributed by atoms with Crippen LogP contribution in [-0.2, 0) is 14.3 Å². The number of ether oxygens (including phenoxy) is 1. The van der Waals surface area contributed by atoms with Crippen molar-refractivity contribution in [1.29, 1.82) is 0 Å². The topological polar surface area (TPSA) is 78.9 Å². The van der Waals surface area contributed by atoms with E-state index < -0.39 is 12.0 Å². The second-order valence-electron chi connectivity index (χ2n) is 4.60. The minimum absolute atomic E-state index is 0.0691. The highest BCUT2D eigenvalue weighted by molar-refractivity contribution is 5.83. The number of carbonyl (C=O) groups excluding carboxylic acids is 2. The van der Waals surface area contributed by atoms with Crippen LogP contribution in [0.4, 0.5) is 0 Å². The number of esters is 1. The summed E-state index contributed by atoms with van der Waals surface area (Å²) in [5.41, 5.74) is 0. The van der Waals surface area contributed by atoms with Crippen LogP contribution >= 0.6 is 0 Å². The molecule has 0 aromatic carbocycles. The zero-order chi connectivity index (χ0) is 13.5. The lowest BCUT2D eigenvalue weighted by Crippen LogP contribution is -2.53. The number of nitrogens with one attached hydrogen (secondary N) is 1. The van der Waals surface area contributed by atoms with E-state index >= 15 is 0 Å². The van der Waals surface area contributed by atoms with Gasteiger partial charge in [0.2, 0.25) is 5.91 Å². The van der Waals surface area contributed by atoms with Gasteiger partial charge in [0.1, 0.15) is 6.04 Å². The van der Waals surface area contributed by atoms with Crippen LogP contribution in [0.3, 0.4) is 0 Å². The van der Waals surface area contributed by atoms with Gasteiger partial charge in [0.15, 0.2) is 0 Å². The SMILES string of the molecule is COC(=O)C(CN1CCCCC1CO)NC(C)=O. The predicted molar refractivity (Wildman–Crippen MR) is 65.9 cm³/mol. The van der Waals surface area contributed by atoms with Crippen LogP contribution in [-0.4, -0.2) is 60.8 Å². The number of piperidine rings is 1. The van der Waals surface area contributed by atoms with E-state index in [1.807, 2.05) is 4.90 Å². The summed E-state index contributed by atoms with van der Waals surface area (Å²) >= 11 is 0. The number of hydrogen-bond donors (Lipinski definition) is 2. The molecule has 0 bridgehead atoms. The van der Waals surface area contributed by atoms with E-state index in [-0.39, 0.29) is 18.6 Å². The van der Waals surface area contributed by atoms with E-state index in [4.69, 9.17) is 0 Å². The van der Waals surface area contributed by atoms with Crippen LogP contribution in [0.15, 0.2) is 0 Å². The smallest absolute Gasteiger partial charge is 0.329 e. The van der Waals surface area contributed by atoms with Gasteiger partial charge in [0, 0.05) is 19.5 Å². The molecule has 6 nitrogen and oxygen atoms in total. The molecule has 1 aliphatic heterocycles. The molecule has 6 heteroatoms. The fourth-order valence-corrected chi connectivity index (χ4v) is 2.31. The Morgan fingerprint density at radius 1 is 1.50 bits per heavy atom. The van der Waals surface area contributed by atoms with Gasteiger partial charge in [-0.15, -0.1) is 0 Å². The van der Waals surface area contributed by atoms with Gasteiger partial charge in [-0.3, -0.25) is 9.69 Å². The van der Waals surface area contributed by atoms with Crippen molar-refractivity contribution in [2.45, 2.75) is 38.3 Å². The summed E-state index contributed by atoms with van der Waals surface area (Å²) < 4.78 is 4.68. The number of carbonyl (C=O) groups is 2. The Bertz CT molecular complexity index is 296. The van der Waals surface area contributed by atoms with Gasteiger partial charge in [0.05, 0.1) is 13.7 Å². The highest BCUT2D eigenvalue weighted by Gasteiger charge is 2.28.